The van der Waals surface area contributed by atoms with Crippen LogP contribution >= 0.6 is 15.2 Å². The van der Waals surface area contributed by atoms with E-state index < -0.39 is 15.2 Å². The summed E-state index contributed by atoms with van der Waals surface area (Å²) in [6.45, 7) is 25.8. The summed E-state index contributed by atoms with van der Waals surface area (Å²) in [6.07, 6.45) is 13.9. The molecule has 0 saturated carbocycles. The molecule has 0 aliphatic carbocycles. The lowest BCUT2D eigenvalue weighted by atomic mass is 9.98. The molecule has 8 heteroatoms. The van der Waals surface area contributed by atoms with Gasteiger partial charge in [0.05, 0.1) is 10.6 Å². The van der Waals surface area contributed by atoms with E-state index in [1.807, 2.05) is 48.5 Å². The first-order valence-corrected chi connectivity index (χ1v) is 30.7. The van der Waals surface area contributed by atoms with Crippen LogP contribution in [0.15, 0.2) is 97.1 Å². The standard InChI is InChI=1S/C64H84O6P2/c1-13-25-45-37-49(17-5)61(50(18-6)38-45)67-71(65,68-62-51(19-7)39-46(26-14-2)40-52(62)20-8)59-33-29-57(30-34-59)58-31-35-60(36-32-58)72(66,69-63-53(21-9)41-47(27-15-3)42-54(63)22-10)70-64-55(23-11)43-48(28-16-4)44-56(64)24-12/h29-44H,13-28H2,1-12H3. The monoisotopic (exact) mass is 1010 g/mol. The Morgan fingerprint density at radius 2 is 0.472 bits per heavy atom. The molecular weight excluding hydrogens is 927 g/mol. The molecule has 0 amide bonds. The minimum absolute atomic E-state index is 0.476. The molecule has 6 aromatic rings. The van der Waals surface area contributed by atoms with Gasteiger partial charge in [-0.05, 0) is 179 Å². The first-order valence-electron chi connectivity index (χ1n) is 27.6. The molecule has 0 spiro atoms. The Balaban J connectivity index is 1.45. The van der Waals surface area contributed by atoms with Crippen LogP contribution in [0.25, 0.3) is 11.1 Å². The number of rotatable bonds is 27. The fourth-order valence-corrected chi connectivity index (χ4v) is 13.4. The van der Waals surface area contributed by atoms with Crippen molar-refractivity contribution in [3.63, 3.8) is 0 Å². The third-order valence-corrected chi connectivity index (χ3v) is 17.5. The maximum atomic E-state index is 15.9. The number of aryl methyl sites for hydroxylation is 12. The molecule has 6 nitrogen and oxygen atoms in total. The highest BCUT2D eigenvalue weighted by molar-refractivity contribution is 7.63. The van der Waals surface area contributed by atoms with Crippen LogP contribution in [0.4, 0.5) is 0 Å². The first-order chi connectivity index (χ1) is 34.8. The zero-order chi connectivity index (χ0) is 52.0. The summed E-state index contributed by atoms with van der Waals surface area (Å²) in [5, 5.41) is 0.953. The highest BCUT2D eigenvalue weighted by Gasteiger charge is 2.37. The molecular formula is C64H84O6P2. The van der Waals surface area contributed by atoms with E-state index in [2.05, 4.69) is 132 Å². The van der Waals surface area contributed by atoms with Crippen LogP contribution in [0.2, 0.25) is 0 Å². The molecule has 0 bridgehead atoms. The smallest absolute Gasteiger partial charge is 0.412 e. The molecule has 0 N–H and O–H groups in total. The van der Waals surface area contributed by atoms with E-state index >= 15 is 9.13 Å². The fourth-order valence-electron chi connectivity index (χ4n) is 10.0. The van der Waals surface area contributed by atoms with Gasteiger partial charge in [-0.15, -0.1) is 0 Å². The van der Waals surface area contributed by atoms with Gasteiger partial charge in [0.1, 0.15) is 23.0 Å². The van der Waals surface area contributed by atoms with Crippen molar-refractivity contribution < 1.29 is 27.2 Å². The quantitative estimate of drug-likeness (QED) is 0.0479. The fraction of sp³-hybridized carbons (Fsp3) is 0.438. The van der Waals surface area contributed by atoms with Crippen LogP contribution in [0.3, 0.4) is 0 Å². The van der Waals surface area contributed by atoms with Crippen LogP contribution in [-0.2, 0) is 86.2 Å². The van der Waals surface area contributed by atoms with Gasteiger partial charge in [-0.2, -0.15) is 0 Å². The van der Waals surface area contributed by atoms with Gasteiger partial charge in [-0.1, -0.05) is 182 Å². The lowest BCUT2D eigenvalue weighted by molar-refractivity contribution is 0.391. The summed E-state index contributed by atoms with van der Waals surface area (Å²) in [5.41, 5.74) is 15.1. The van der Waals surface area contributed by atoms with Crippen molar-refractivity contribution in [2.75, 3.05) is 0 Å². The molecule has 0 saturated heterocycles. The van der Waals surface area contributed by atoms with Crippen molar-refractivity contribution in [1.82, 2.24) is 0 Å². The average molecular weight is 1010 g/mol. The highest BCUT2D eigenvalue weighted by Crippen LogP contribution is 2.53. The lowest BCUT2D eigenvalue weighted by Crippen LogP contribution is -2.18. The van der Waals surface area contributed by atoms with Gasteiger partial charge >= 0.3 is 15.2 Å². The van der Waals surface area contributed by atoms with E-state index in [1.54, 1.807) is 0 Å². The highest BCUT2D eigenvalue weighted by atomic mass is 31.2. The second-order valence-corrected chi connectivity index (χ2v) is 23.0. The summed E-state index contributed by atoms with van der Waals surface area (Å²) in [7, 11) is -8.11. The van der Waals surface area contributed by atoms with Crippen molar-refractivity contribution in [2.45, 2.75) is 186 Å². The predicted molar refractivity (Wildman–Crippen MR) is 306 cm³/mol. The minimum Gasteiger partial charge on any atom is -0.412 e. The SMILES string of the molecule is CCCc1cc(CC)c(OP(=O)(Oc2c(CC)cc(CCC)cc2CC)c2ccc(-c3ccc(P(=O)(Oc4c(CC)cc(CCC)cc4CC)Oc4c(CC)cc(CCC)cc4CC)cc3)cc2)c(CC)c1. The minimum atomic E-state index is -4.06. The van der Waals surface area contributed by atoms with Crippen molar-refractivity contribution >= 4 is 25.8 Å². The molecule has 6 aromatic carbocycles. The Morgan fingerprint density at radius 3 is 0.625 bits per heavy atom. The maximum absolute atomic E-state index is 15.9. The van der Waals surface area contributed by atoms with Gasteiger partial charge in [0, 0.05) is 0 Å². The van der Waals surface area contributed by atoms with E-state index in [1.165, 1.54) is 22.3 Å². The number of benzene rings is 6. The molecule has 0 aromatic heterocycles. The zero-order valence-corrected chi connectivity index (χ0v) is 47.7. The Morgan fingerprint density at radius 1 is 0.292 bits per heavy atom. The van der Waals surface area contributed by atoms with Crippen molar-refractivity contribution in [2.24, 2.45) is 0 Å². The van der Waals surface area contributed by atoms with Gasteiger partial charge in [0.2, 0.25) is 0 Å². The van der Waals surface area contributed by atoms with E-state index in [9.17, 15) is 0 Å². The summed E-state index contributed by atoms with van der Waals surface area (Å²) in [4.78, 5) is 0. The molecule has 0 atom stereocenters. The third-order valence-electron chi connectivity index (χ3n) is 14.0. The summed E-state index contributed by atoms with van der Waals surface area (Å²) in [6, 6.07) is 33.1. The summed E-state index contributed by atoms with van der Waals surface area (Å²) in [5.74, 6) is 2.61. The number of hydrogen-bond donors (Lipinski definition) is 0. The van der Waals surface area contributed by atoms with Gasteiger partial charge in [0.25, 0.3) is 0 Å². The molecule has 6 rings (SSSR count). The Hall–Kier alpha value is -5.02. The van der Waals surface area contributed by atoms with Crippen molar-refractivity contribution in [3.05, 3.63) is 164 Å². The third kappa shape index (κ3) is 13.0. The van der Waals surface area contributed by atoms with Gasteiger partial charge < -0.3 is 18.1 Å². The Kier molecular flexibility index (Phi) is 20.5. The molecule has 0 aliphatic rings. The second kappa shape index (κ2) is 26.3. The molecule has 0 fully saturated rings. The largest absolute Gasteiger partial charge is 0.462 e. The summed E-state index contributed by atoms with van der Waals surface area (Å²) >= 11 is 0. The maximum Gasteiger partial charge on any atom is 0.462 e. The molecule has 0 unspecified atom stereocenters. The van der Waals surface area contributed by atoms with Gasteiger partial charge in [-0.25, -0.2) is 9.13 Å². The van der Waals surface area contributed by atoms with Crippen LogP contribution < -0.4 is 28.7 Å². The van der Waals surface area contributed by atoms with Crippen LogP contribution in [0.5, 0.6) is 23.0 Å². The molecule has 386 valence electrons. The van der Waals surface area contributed by atoms with Crippen molar-refractivity contribution in [1.29, 1.82) is 0 Å². The topological polar surface area (TPSA) is 71.1 Å². The number of hydrogen-bond acceptors (Lipinski definition) is 6. The molecule has 0 radical (unpaired) electrons. The molecule has 72 heavy (non-hydrogen) atoms. The van der Waals surface area contributed by atoms with E-state index in [4.69, 9.17) is 18.1 Å². The van der Waals surface area contributed by atoms with Crippen LogP contribution in [-0.4, -0.2) is 0 Å². The average Bonchev–Trinajstić information content (AvgIpc) is 3.40. The molecule has 0 heterocycles. The first kappa shape index (κ1) is 56.3. The predicted octanol–water partition coefficient (Wildman–Crippen LogP) is 17.6. The zero-order valence-electron chi connectivity index (χ0n) is 45.9. The van der Waals surface area contributed by atoms with E-state index in [0.29, 0.717) is 33.6 Å². The lowest BCUT2D eigenvalue weighted by Gasteiger charge is -2.26. The molecule has 0 aliphatic heterocycles. The second-order valence-electron chi connectivity index (χ2n) is 19.3. The van der Waals surface area contributed by atoms with Gasteiger partial charge in [-0.3, -0.25) is 0 Å². The Labute approximate surface area is 434 Å². The van der Waals surface area contributed by atoms with E-state index in [-0.39, 0.29) is 0 Å². The van der Waals surface area contributed by atoms with E-state index in [0.717, 1.165) is 158 Å². The van der Waals surface area contributed by atoms with Crippen LogP contribution in [0, 0.1) is 0 Å². The van der Waals surface area contributed by atoms with Crippen molar-refractivity contribution in [3.8, 4) is 34.1 Å². The normalized spacial score (nSPS) is 11.8. The van der Waals surface area contributed by atoms with Crippen LogP contribution in [0.1, 0.15) is 176 Å². The van der Waals surface area contributed by atoms with Gasteiger partial charge in [0.15, 0.2) is 0 Å². The summed E-state index contributed by atoms with van der Waals surface area (Å²) < 4.78 is 59.5. The Bertz CT molecular complexity index is 2400.